The first-order valence-corrected chi connectivity index (χ1v) is 9.68. The second-order valence-corrected chi connectivity index (χ2v) is 6.77. The summed E-state index contributed by atoms with van der Waals surface area (Å²) in [6.45, 7) is 5.00. The predicted octanol–water partition coefficient (Wildman–Crippen LogP) is 2.78. The molecule has 1 amide bonds. The summed E-state index contributed by atoms with van der Waals surface area (Å²) < 4.78 is 15.9. The Bertz CT molecular complexity index is 816. The van der Waals surface area contributed by atoms with Gasteiger partial charge in [0, 0.05) is 24.5 Å². The van der Waals surface area contributed by atoms with Crippen molar-refractivity contribution in [3.8, 4) is 5.75 Å². The predicted molar refractivity (Wildman–Crippen MR) is 110 cm³/mol. The van der Waals surface area contributed by atoms with E-state index in [9.17, 15) is 9.59 Å². The molecule has 2 aromatic carbocycles. The van der Waals surface area contributed by atoms with E-state index in [4.69, 9.17) is 14.2 Å². The maximum absolute atomic E-state index is 12.0. The number of esters is 1. The van der Waals surface area contributed by atoms with Gasteiger partial charge in [-0.15, -0.1) is 0 Å². The summed E-state index contributed by atoms with van der Waals surface area (Å²) >= 11 is 0. The smallest absolute Gasteiger partial charge is 0.309 e. The lowest BCUT2D eigenvalue weighted by molar-refractivity contribution is -0.147. The SMILES string of the molecule is Cc1cccc(OCCC(=O)OCC(=O)Nc2ccc(N3CCOCC3)cc2)c1. The van der Waals surface area contributed by atoms with Crippen molar-refractivity contribution in [2.45, 2.75) is 13.3 Å². The molecule has 1 aliphatic rings. The van der Waals surface area contributed by atoms with Crippen LogP contribution in [0.3, 0.4) is 0 Å². The zero-order valence-corrected chi connectivity index (χ0v) is 16.6. The quantitative estimate of drug-likeness (QED) is 0.689. The fourth-order valence-corrected chi connectivity index (χ4v) is 2.95. The second-order valence-electron chi connectivity index (χ2n) is 6.77. The first-order chi connectivity index (χ1) is 14.1. The first kappa shape index (κ1) is 20.7. The molecule has 0 aromatic heterocycles. The number of anilines is 2. The summed E-state index contributed by atoms with van der Waals surface area (Å²) in [5, 5.41) is 2.72. The molecule has 1 fully saturated rings. The number of hydrogen-bond donors (Lipinski definition) is 1. The molecule has 2 aromatic rings. The number of nitrogens with one attached hydrogen (secondary N) is 1. The second kappa shape index (κ2) is 10.5. The van der Waals surface area contributed by atoms with Crippen LogP contribution in [0, 0.1) is 6.92 Å². The highest BCUT2D eigenvalue weighted by Crippen LogP contribution is 2.19. The molecule has 7 nitrogen and oxygen atoms in total. The fraction of sp³-hybridized carbons (Fsp3) is 0.364. The summed E-state index contributed by atoms with van der Waals surface area (Å²) in [7, 11) is 0. The summed E-state index contributed by atoms with van der Waals surface area (Å²) in [5.41, 5.74) is 2.83. The van der Waals surface area contributed by atoms with Crippen molar-refractivity contribution in [2.24, 2.45) is 0 Å². The Labute approximate surface area is 170 Å². The Kier molecular flexibility index (Phi) is 7.47. The molecule has 7 heteroatoms. The number of carbonyl (C=O) groups excluding carboxylic acids is 2. The van der Waals surface area contributed by atoms with E-state index in [1.165, 1.54) is 0 Å². The maximum Gasteiger partial charge on any atom is 0.309 e. The highest BCUT2D eigenvalue weighted by atomic mass is 16.5. The molecule has 1 N–H and O–H groups in total. The molecule has 3 rings (SSSR count). The number of amides is 1. The van der Waals surface area contributed by atoms with Crippen LogP contribution in [-0.4, -0.2) is 51.4 Å². The van der Waals surface area contributed by atoms with Crippen molar-refractivity contribution in [1.29, 1.82) is 0 Å². The van der Waals surface area contributed by atoms with Crippen LogP contribution in [0.1, 0.15) is 12.0 Å². The third-order valence-corrected chi connectivity index (χ3v) is 4.46. The molecule has 154 valence electrons. The number of hydrogen-bond acceptors (Lipinski definition) is 6. The Morgan fingerprint density at radius 3 is 2.59 bits per heavy atom. The van der Waals surface area contributed by atoms with E-state index in [-0.39, 0.29) is 25.5 Å². The van der Waals surface area contributed by atoms with Gasteiger partial charge in [0.1, 0.15) is 5.75 Å². The van der Waals surface area contributed by atoms with Gasteiger partial charge >= 0.3 is 5.97 Å². The largest absolute Gasteiger partial charge is 0.493 e. The van der Waals surface area contributed by atoms with E-state index in [0.29, 0.717) is 11.4 Å². The van der Waals surface area contributed by atoms with Crippen molar-refractivity contribution in [3.05, 3.63) is 54.1 Å². The number of rotatable bonds is 8. The minimum atomic E-state index is -0.476. The van der Waals surface area contributed by atoms with Crippen LogP contribution < -0.4 is 15.0 Å². The van der Waals surface area contributed by atoms with Gasteiger partial charge in [-0.25, -0.2) is 0 Å². The van der Waals surface area contributed by atoms with Gasteiger partial charge in [0.05, 0.1) is 26.2 Å². The van der Waals surface area contributed by atoms with E-state index >= 15 is 0 Å². The number of morpholine rings is 1. The van der Waals surface area contributed by atoms with E-state index in [1.54, 1.807) is 0 Å². The Balaban J connectivity index is 1.35. The van der Waals surface area contributed by atoms with Crippen LogP contribution in [0.2, 0.25) is 0 Å². The van der Waals surface area contributed by atoms with E-state index in [0.717, 1.165) is 37.6 Å². The zero-order valence-electron chi connectivity index (χ0n) is 16.6. The lowest BCUT2D eigenvalue weighted by Gasteiger charge is -2.28. The lowest BCUT2D eigenvalue weighted by Crippen LogP contribution is -2.36. The van der Waals surface area contributed by atoms with Crippen LogP contribution in [0.4, 0.5) is 11.4 Å². The molecule has 0 saturated carbocycles. The van der Waals surface area contributed by atoms with Gasteiger partial charge in [-0.05, 0) is 48.9 Å². The van der Waals surface area contributed by atoms with Gasteiger partial charge in [-0.3, -0.25) is 9.59 Å². The molecule has 0 spiro atoms. The van der Waals surface area contributed by atoms with Gasteiger partial charge in [-0.1, -0.05) is 12.1 Å². The van der Waals surface area contributed by atoms with Gasteiger partial charge in [-0.2, -0.15) is 0 Å². The summed E-state index contributed by atoms with van der Waals surface area (Å²) in [4.78, 5) is 26.0. The first-order valence-electron chi connectivity index (χ1n) is 9.68. The molecular weight excluding hydrogens is 372 g/mol. The Morgan fingerprint density at radius 1 is 1.10 bits per heavy atom. The van der Waals surface area contributed by atoms with E-state index in [2.05, 4.69) is 10.2 Å². The van der Waals surface area contributed by atoms with Crippen molar-refractivity contribution < 1.29 is 23.8 Å². The molecule has 0 atom stereocenters. The topological polar surface area (TPSA) is 77.1 Å². The molecule has 0 radical (unpaired) electrons. The molecule has 0 aliphatic carbocycles. The Morgan fingerprint density at radius 2 is 1.86 bits per heavy atom. The van der Waals surface area contributed by atoms with Gasteiger partial charge in [0.25, 0.3) is 5.91 Å². The average Bonchev–Trinajstić information content (AvgIpc) is 2.73. The highest BCUT2D eigenvalue weighted by Gasteiger charge is 2.12. The van der Waals surface area contributed by atoms with E-state index in [1.807, 2.05) is 55.5 Å². The van der Waals surface area contributed by atoms with E-state index < -0.39 is 5.97 Å². The zero-order chi connectivity index (χ0) is 20.5. The van der Waals surface area contributed by atoms with Crippen LogP contribution in [0.15, 0.2) is 48.5 Å². The normalized spacial score (nSPS) is 13.6. The number of aryl methyl sites for hydroxylation is 1. The average molecular weight is 398 g/mol. The number of benzene rings is 2. The number of nitrogens with zero attached hydrogens (tertiary/aromatic N) is 1. The minimum absolute atomic E-state index is 0.0788. The lowest BCUT2D eigenvalue weighted by atomic mass is 10.2. The van der Waals surface area contributed by atoms with Gasteiger partial charge in [0.2, 0.25) is 0 Å². The van der Waals surface area contributed by atoms with Gasteiger partial charge in [0.15, 0.2) is 6.61 Å². The molecule has 1 aliphatic heterocycles. The van der Waals surface area contributed by atoms with Crippen molar-refractivity contribution in [1.82, 2.24) is 0 Å². The van der Waals surface area contributed by atoms with Crippen LogP contribution in [0.25, 0.3) is 0 Å². The van der Waals surface area contributed by atoms with Crippen LogP contribution in [-0.2, 0) is 19.1 Å². The molecule has 1 saturated heterocycles. The maximum atomic E-state index is 12.0. The monoisotopic (exact) mass is 398 g/mol. The summed E-state index contributed by atoms with van der Waals surface area (Å²) in [6.07, 6.45) is 0.0788. The molecular formula is C22H26N2O5. The van der Waals surface area contributed by atoms with Crippen molar-refractivity contribution in [3.63, 3.8) is 0 Å². The molecule has 1 heterocycles. The third kappa shape index (κ3) is 6.80. The fourth-order valence-electron chi connectivity index (χ4n) is 2.95. The summed E-state index contributed by atoms with van der Waals surface area (Å²) in [6, 6.07) is 15.2. The van der Waals surface area contributed by atoms with Crippen LogP contribution >= 0.6 is 0 Å². The number of carbonyl (C=O) groups is 2. The molecule has 0 unspecified atom stereocenters. The highest BCUT2D eigenvalue weighted by molar-refractivity contribution is 5.92. The van der Waals surface area contributed by atoms with Gasteiger partial charge < -0.3 is 24.4 Å². The standard InChI is InChI=1S/C22H26N2O5/c1-17-3-2-4-20(15-17)28-12-9-22(26)29-16-21(25)23-18-5-7-19(8-6-18)24-10-13-27-14-11-24/h2-8,15H,9-14,16H2,1H3,(H,23,25). The van der Waals surface area contributed by atoms with Crippen molar-refractivity contribution in [2.75, 3.05) is 49.7 Å². The Hall–Kier alpha value is -3.06. The van der Waals surface area contributed by atoms with Crippen LogP contribution in [0.5, 0.6) is 5.75 Å². The molecule has 0 bridgehead atoms. The van der Waals surface area contributed by atoms with Crippen molar-refractivity contribution >= 4 is 23.3 Å². The third-order valence-electron chi connectivity index (χ3n) is 4.46. The number of ether oxygens (including phenoxy) is 3. The molecule has 29 heavy (non-hydrogen) atoms. The minimum Gasteiger partial charge on any atom is -0.493 e. The summed E-state index contributed by atoms with van der Waals surface area (Å²) in [5.74, 6) is -0.149.